The third-order valence-corrected chi connectivity index (χ3v) is 4.96. The second-order valence-electron chi connectivity index (χ2n) is 6.74. The Bertz CT molecular complexity index is 1030. The van der Waals surface area contributed by atoms with Crippen LogP contribution in [0.4, 0.5) is 4.39 Å². The van der Waals surface area contributed by atoms with E-state index < -0.39 is 5.82 Å². The highest BCUT2D eigenvalue weighted by Gasteiger charge is 2.27. The maximum atomic E-state index is 13.3. The van der Waals surface area contributed by atoms with Crippen molar-refractivity contribution in [3.8, 4) is 0 Å². The van der Waals surface area contributed by atoms with Crippen LogP contribution in [-0.2, 0) is 0 Å². The molecule has 0 saturated carbocycles. The molecule has 2 heterocycles. The molecule has 0 N–H and O–H groups in total. The lowest BCUT2D eigenvalue weighted by Gasteiger charge is -2.32. The van der Waals surface area contributed by atoms with Gasteiger partial charge in [0.05, 0.1) is 5.52 Å². The summed E-state index contributed by atoms with van der Waals surface area (Å²) in [5.41, 5.74) is 2.77. The molecule has 1 aliphatic heterocycles. The number of carbonyl (C=O) groups is 1. The average Bonchev–Trinajstić information content (AvgIpc) is 2.96. The molecule has 0 aliphatic carbocycles. The van der Waals surface area contributed by atoms with Crippen molar-refractivity contribution < 1.29 is 13.6 Å². The molecule has 26 heavy (non-hydrogen) atoms. The fourth-order valence-electron chi connectivity index (χ4n) is 3.62. The smallest absolute Gasteiger partial charge is 0.408 e. The summed E-state index contributed by atoms with van der Waals surface area (Å²) in [6, 6.07) is 11.4. The first-order chi connectivity index (χ1) is 12.5. The molecular formula is C20H19FN2O3. The number of likely N-dealkylation sites (tertiary alicyclic amines) is 1. The van der Waals surface area contributed by atoms with Crippen LogP contribution in [-0.4, -0.2) is 28.5 Å². The van der Waals surface area contributed by atoms with Gasteiger partial charge >= 0.3 is 5.76 Å². The minimum absolute atomic E-state index is 0.0111. The fraction of sp³-hybridized carbons (Fsp3) is 0.300. The summed E-state index contributed by atoms with van der Waals surface area (Å²) in [5.74, 6) is -0.957. The van der Waals surface area contributed by atoms with Gasteiger partial charge in [0.25, 0.3) is 5.91 Å². The van der Waals surface area contributed by atoms with Gasteiger partial charge in [-0.1, -0.05) is 12.1 Å². The molecule has 2 aromatic carbocycles. The molecule has 0 unspecified atom stereocenters. The average molecular weight is 354 g/mol. The molecule has 4 rings (SSSR count). The van der Waals surface area contributed by atoms with Crippen LogP contribution in [0.1, 0.15) is 34.8 Å². The number of rotatable bonds is 2. The lowest BCUT2D eigenvalue weighted by Crippen LogP contribution is -2.40. The third kappa shape index (κ3) is 2.92. The molecule has 6 heteroatoms. The molecule has 1 aliphatic rings. The van der Waals surface area contributed by atoms with Gasteiger partial charge in [0.15, 0.2) is 5.58 Å². The van der Waals surface area contributed by atoms with E-state index in [2.05, 4.69) is 0 Å². The van der Waals surface area contributed by atoms with Gasteiger partial charge < -0.3 is 9.32 Å². The number of amides is 1. The van der Waals surface area contributed by atoms with Crippen molar-refractivity contribution in [3.63, 3.8) is 0 Å². The molecule has 3 aromatic rings. The first-order valence-corrected chi connectivity index (χ1v) is 8.69. The largest absolute Gasteiger partial charge is 0.420 e. The highest BCUT2D eigenvalue weighted by molar-refractivity contribution is 5.94. The molecular weight excluding hydrogens is 335 g/mol. The van der Waals surface area contributed by atoms with Crippen molar-refractivity contribution in [3.05, 3.63) is 70.0 Å². The van der Waals surface area contributed by atoms with Crippen molar-refractivity contribution in [1.82, 2.24) is 9.47 Å². The van der Waals surface area contributed by atoms with Crippen molar-refractivity contribution >= 4 is 17.0 Å². The molecule has 5 nitrogen and oxygen atoms in total. The van der Waals surface area contributed by atoms with Crippen LogP contribution in [0.3, 0.4) is 0 Å². The zero-order chi connectivity index (χ0) is 18.3. The molecule has 1 aromatic heterocycles. The fourth-order valence-corrected chi connectivity index (χ4v) is 3.62. The van der Waals surface area contributed by atoms with Crippen molar-refractivity contribution in [2.24, 2.45) is 0 Å². The maximum absolute atomic E-state index is 13.3. The first kappa shape index (κ1) is 16.6. The van der Waals surface area contributed by atoms with Gasteiger partial charge in [-0.3, -0.25) is 9.36 Å². The second kappa shape index (κ2) is 6.44. The number of carbonyl (C=O) groups excluding carboxylic acids is 1. The molecule has 1 fully saturated rings. The molecule has 0 bridgehead atoms. The Balaban J connectivity index is 1.53. The molecule has 134 valence electrons. The van der Waals surface area contributed by atoms with E-state index >= 15 is 0 Å². The van der Waals surface area contributed by atoms with E-state index in [0.717, 1.165) is 11.1 Å². The number of hydrogen-bond acceptors (Lipinski definition) is 3. The van der Waals surface area contributed by atoms with E-state index in [9.17, 15) is 14.0 Å². The van der Waals surface area contributed by atoms with Gasteiger partial charge in [0.2, 0.25) is 0 Å². The summed E-state index contributed by atoms with van der Waals surface area (Å²) < 4.78 is 20.4. The Morgan fingerprint density at radius 3 is 2.65 bits per heavy atom. The number of halogens is 1. The highest BCUT2D eigenvalue weighted by Crippen LogP contribution is 2.27. The Morgan fingerprint density at radius 2 is 1.92 bits per heavy atom. The number of nitrogens with zero attached hydrogens (tertiary/aromatic N) is 2. The van der Waals surface area contributed by atoms with Gasteiger partial charge in [0, 0.05) is 24.7 Å². The standard InChI is InChI=1S/C20H19FN2O3/c1-13-5-6-17-18(11-13)26-20(25)23(17)16-7-9-22(10-8-16)19(24)14-3-2-4-15(21)12-14/h2-6,11-12,16H,7-10H2,1H3. The Morgan fingerprint density at radius 1 is 1.15 bits per heavy atom. The van der Waals surface area contributed by atoms with Gasteiger partial charge in [-0.05, 0) is 55.7 Å². The summed E-state index contributed by atoms with van der Waals surface area (Å²) in [6.07, 6.45) is 1.31. The van der Waals surface area contributed by atoms with Crippen LogP contribution in [0, 0.1) is 12.7 Å². The third-order valence-electron chi connectivity index (χ3n) is 4.96. The summed E-state index contributed by atoms with van der Waals surface area (Å²) in [6.45, 7) is 2.99. The highest BCUT2D eigenvalue weighted by atomic mass is 19.1. The predicted octanol–water partition coefficient (Wildman–Crippen LogP) is 3.52. The van der Waals surface area contributed by atoms with Crippen molar-refractivity contribution in [2.75, 3.05) is 13.1 Å². The van der Waals surface area contributed by atoms with Crippen LogP contribution < -0.4 is 5.76 Å². The topological polar surface area (TPSA) is 55.5 Å². The zero-order valence-corrected chi connectivity index (χ0v) is 14.4. The Labute approximate surface area is 149 Å². The molecule has 0 radical (unpaired) electrons. The number of benzene rings is 2. The minimum atomic E-state index is -0.419. The number of hydrogen-bond donors (Lipinski definition) is 0. The van der Waals surface area contributed by atoms with E-state index in [1.807, 2.05) is 25.1 Å². The first-order valence-electron chi connectivity index (χ1n) is 8.69. The van der Waals surface area contributed by atoms with E-state index in [1.54, 1.807) is 15.5 Å². The summed E-state index contributed by atoms with van der Waals surface area (Å²) in [5, 5.41) is 0. The summed E-state index contributed by atoms with van der Waals surface area (Å²) >= 11 is 0. The Hall–Kier alpha value is -2.89. The second-order valence-corrected chi connectivity index (χ2v) is 6.74. The molecule has 1 saturated heterocycles. The van der Waals surface area contributed by atoms with Gasteiger partial charge in [-0.15, -0.1) is 0 Å². The number of aromatic nitrogens is 1. The van der Waals surface area contributed by atoms with Crippen LogP contribution in [0.25, 0.3) is 11.1 Å². The van der Waals surface area contributed by atoms with Crippen LogP contribution in [0.15, 0.2) is 51.7 Å². The van der Waals surface area contributed by atoms with E-state index in [4.69, 9.17) is 4.42 Å². The zero-order valence-electron chi connectivity index (χ0n) is 14.4. The maximum Gasteiger partial charge on any atom is 0.420 e. The number of piperidine rings is 1. The normalized spacial score (nSPS) is 15.5. The Kier molecular flexibility index (Phi) is 4.11. The number of fused-ring (bicyclic) bond motifs is 1. The molecule has 0 spiro atoms. The quantitative estimate of drug-likeness (QED) is 0.708. The van der Waals surface area contributed by atoms with Crippen LogP contribution in [0.2, 0.25) is 0 Å². The SMILES string of the molecule is Cc1ccc2c(c1)oc(=O)n2C1CCN(C(=O)c2cccc(F)c2)CC1. The van der Waals surface area contributed by atoms with E-state index in [-0.39, 0.29) is 17.7 Å². The van der Waals surface area contributed by atoms with Gasteiger partial charge in [0.1, 0.15) is 5.82 Å². The number of oxazole rings is 1. The minimum Gasteiger partial charge on any atom is -0.408 e. The predicted molar refractivity (Wildman–Crippen MR) is 95.8 cm³/mol. The van der Waals surface area contributed by atoms with E-state index in [0.29, 0.717) is 37.1 Å². The van der Waals surface area contributed by atoms with Crippen molar-refractivity contribution in [1.29, 1.82) is 0 Å². The number of aryl methyl sites for hydroxylation is 1. The molecule has 0 atom stereocenters. The van der Waals surface area contributed by atoms with Crippen molar-refractivity contribution in [2.45, 2.75) is 25.8 Å². The molecule has 1 amide bonds. The lowest BCUT2D eigenvalue weighted by molar-refractivity contribution is 0.0693. The van der Waals surface area contributed by atoms with Gasteiger partial charge in [-0.25, -0.2) is 9.18 Å². The summed E-state index contributed by atoms with van der Waals surface area (Å²) in [4.78, 5) is 26.5. The van der Waals surface area contributed by atoms with Crippen LogP contribution in [0.5, 0.6) is 0 Å². The summed E-state index contributed by atoms with van der Waals surface area (Å²) in [7, 11) is 0. The van der Waals surface area contributed by atoms with Gasteiger partial charge in [-0.2, -0.15) is 0 Å². The lowest BCUT2D eigenvalue weighted by atomic mass is 10.0. The monoisotopic (exact) mass is 354 g/mol. The van der Waals surface area contributed by atoms with Crippen LogP contribution >= 0.6 is 0 Å². The van der Waals surface area contributed by atoms with E-state index in [1.165, 1.54) is 18.2 Å².